The zero-order chi connectivity index (χ0) is 49.9. The number of aryl methyl sites for hydroxylation is 1. The van der Waals surface area contributed by atoms with Gasteiger partial charge in [-0.2, -0.15) is 4.98 Å². The number of nitrogens with two attached hydrogens (primary N) is 1. The van der Waals surface area contributed by atoms with Gasteiger partial charge in [-0.25, -0.2) is 19.7 Å². The van der Waals surface area contributed by atoms with E-state index in [9.17, 15) is 14.4 Å². The van der Waals surface area contributed by atoms with E-state index in [1.165, 1.54) is 6.20 Å². The lowest BCUT2D eigenvalue weighted by molar-refractivity contribution is -0.154. The van der Waals surface area contributed by atoms with Crippen LogP contribution < -0.4 is 32.3 Å². The van der Waals surface area contributed by atoms with Gasteiger partial charge in [-0.05, 0) is 119 Å². The van der Waals surface area contributed by atoms with Crippen LogP contribution >= 0.6 is 34.8 Å². The summed E-state index contributed by atoms with van der Waals surface area (Å²) in [4.78, 5) is 51.9. The first-order chi connectivity index (χ1) is 32.2. The van der Waals surface area contributed by atoms with Crippen LogP contribution in [0.1, 0.15) is 86.4 Å². The first-order valence-corrected chi connectivity index (χ1v) is 22.7. The van der Waals surface area contributed by atoms with E-state index in [-0.39, 0.29) is 17.2 Å². The largest absolute Gasteiger partial charge is 0.460 e. The zero-order valence-corrected chi connectivity index (χ0v) is 41.7. The summed E-state index contributed by atoms with van der Waals surface area (Å²) in [5.41, 5.74) is 11.6. The summed E-state index contributed by atoms with van der Waals surface area (Å²) in [6.07, 6.45) is 4.12. The number of ether oxygens (including phenoxy) is 2. The molecule has 0 saturated heterocycles. The third kappa shape index (κ3) is 19.4. The fourth-order valence-electron chi connectivity index (χ4n) is 6.08. The number of alkyl carbamates (subject to hydrolysis) is 1. The van der Waals surface area contributed by atoms with Crippen molar-refractivity contribution in [1.82, 2.24) is 35.9 Å². The monoisotopic (exact) mass is 984 g/mol. The van der Waals surface area contributed by atoms with Gasteiger partial charge in [0.1, 0.15) is 27.1 Å². The second-order valence-corrected chi connectivity index (χ2v) is 18.2. The molecule has 0 aliphatic carbocycles. The summed E-state index contributed by atoms with van der Waals surface area (Å²) in [7, 11) is 3.47. The molecule has 0 fully saturated rings. The third-order valence-corrected chi connectivity index (χ3v) is 9.71. The molecule has 6 aromatic rings. The van der Waals surface area contributed by atoms with Crippen molar-refractivity contribution < 1.29 is 23.9 Å². The Labute approximate surface area is 413 Å². The molecular formula is C50H59Cl3N10O5. The number of hydrogen-bond acceptors (Lipinski definition) is 13. The molecule has 0 radical (unpaired) electrons. The number of esters is 1. The molecule has 15 nitrogen and oxygen atoms in total. The Hall–Kier alpha value is -6.52. The van der Waals surface area contributed by atoms with Gasteiger partial charge in [0.25, 0.3) is 5.91 Å². The van der Waals surface area contributed by atoms with Crippen LogP contribution in [0, 0.1) is 0 Å². The molecule has 0 unspecified atom stereocenters. The highest BCUT2D eigenvalue weighted by Gasteiger charge is 2.18. The Morgan fingerprint density at radius 1 is 0.662 bits per heavy atom. The van der Waals surface area contributed by atoms with Crippen molar-refractivity contribution in [2.75, 3.05) is 30.5 Å². The van der Waals surface area contributed by atoms with Crippen molar-refractivity contribution in [3.8, 4) is 0 Å². The van der Waals surface area contributed by atoms with Crippen LogP contribution in [0.25, 0.3) is 0 Å². The lowest BCUT2D eigenvalue weighted by Gasteiger charge is -2.19. The number of nitrogens with zero attached hydrogens (tertiary/aromatic N) is 4. The van der Waals surface area contributed by atoms with Gasteiger partial charge in [0.15, 0.2) is 11.6 Å². The lowest BCUT2D eigenvalue weighted by atomic mass is 10.0. The molecule has 6 rings (SSSR count). The Balaban J connectivity index is 0.000000244. The normalized spacial score (nSPS) is 10.9. The van der Waals surface area contributed by atoms with Crippen molar-refractivity contribution in [2.24, 2.45) is 0 Å². The smallest absolute Gasteiger partial charge is 0.407 e. The number of halogens is 3. The molecule has 0 atom stereocenters. The van der Waals surface area contributed by atoms with Gasteiger partial charge in [-0.15, -0.1) is 0 Å². The molecule has 4 aromatic carbocycles. The maximum atomic E-state index is 12.0. The Bertz CT molecular complexity index is 2620. The van der Waals surface area contributed by atoms with E-state index in [2.05, 4.69) is 58.7 Å². The van der Waals surface area contributed by atoms with E-state index in [0.29, 0.717) is 70.3 Å². The Morgan fingerprint density at radius 3 is 1.94 bits per heavy atom. The van der Waals surface area contributed by atoms with Crippen molar-refractivity contribution >= 4 is 81.5 Å². The fraction of sp³-hybridized carbons (Fsp3) is 0.300. The highest BCUT2D eigenvalue weighted by atomic mass is 35.5. The minimum Gasteiger partial charge on any atom is -0.460 e. The predicted octanol–water partition coefficient (Wildman–Crippen LogP) is 10.6. The predicted molar refractivity (Wildman–Crippen MR) is 272 cm³/mol. The number of para-hydroxylation sites is 2. The molecule has 2 amide bonds. The molecule has 360 valence electrons. The van der Waals surface area contributed by atoms with Crippen LogP contribution in [0.5, 0.6) is 0 Å². The molecule has 0 spiro atoms. The van der Waals surface area contributed by atoms with Crippen LogP contribution in [-0.4, -0.2) is 63.2 Å². The van der Waals surface area contributed by atoms with Crippen LogP contribution in [0.2, 0.25) is 15.3 Å². The standard InChI is InChI=1S/C26H31ClN4O2.C12H10Cl2N4O.C12H18N2O2/c1-26(2,3)33-24(32)13-12-18-8-7-9-19(14-18)15-23-29-17-21(27)25(31-23)30-22-11-6-5-10-20(22)16-28-4;1-15-11(19)7-4-2-3-5-9(7)17-10-8(13)6-16-12(14)18-10;1-12(2,3)16-11(15)14-8-9-5-4-6-10(13)7-9/h5-11,14,17,28H,12-13,15-16H2,1-4H3,(H,29,30,31);2-6H,1H3,(H,15,19)(H,16,17,18);4-7H,8,13H2,1-3H3,(H,14,15). The minimum atomic E-state index is -0.472. The number of nitrogens with one attached hydrogen (secondary N) is 5. The summed E-state index contributed by atoms with van der Waals surface area (Å²) >= 11 is 18.1. The number of rotatable bonds is 14. The molecule has 18 heteroatoms. The summed E-state index contributed by atoms with van der Waals surface area (Å²) in [6, 6.07) is 30.5. The third-order valence-electron chi connectivity index (χ3n) is 8.98. The van der Waals surface area contributed by atoms with Gasteiger partial charge in [-0.1, -0.05) is 89.9 Å². The highest BCUT2D eigenvalue weighted by Crippen LogP contribution is 2.27. The Morgan fingerprint density at radius 2 is 1.26 bits per heavy atom. The number of hydrogen-bond donors (Lipinski definition) is 6. The van der Waals surface area contributed by atoms with Crippen molar-refractivity contribution in [2.45, 2.75) is 85.1 Å². The maximum Gasteiger partial charge on any atom is 0.407 e. The number of benzene rings is 4. The molecule has 2 heterocycles. The maximum absolute atomic E-state index is 12.0. The van der Waals surface area contributed by atoms with Crippen LogP contribution in [0.15, 0.2) is 109 Å². The molecule has 0 saturated carbocycles. The van der Waals surface area contributed by atoms with Crippen LogP contribution in [0.4, 0.5) is 33.5 Å². The first kappa shape index (κ1) is 54.1. The molecule has 2 aromatic heterocycles. The number of amides is 2. The van der Waals surface area contributed by atoms with E-state index in [1.807, 2.05) is 103 Å². The van der Waals surface area contributed by atoms with Gasteiger partial charge in [-0.3, -0.25) is 9.59 Å². The van der Waals surface area contributed by atoms with Crippen molar-refractivity contribution in [3.05, 3.63) is 158 Å². The number of aromatic nitrogens is 4. The topological polar surface area (TPSA) is 207 Å². The van der Waals surface area contributed by atoms with Gasteiger partial charge in [0.2, 0.25) is 5.28 Å². The molecule has 7 N–H and O–H groups in total. The van der Waals surface area contributed by atoms with Gasteiger partial charge >= 0.3 is 12.1 Å². The molecule has 68 heavy (non-hydrogen) atoms. The van der Waals surface area contributed by atoms with E-state index in [0.717, 1.165) is 34.5 Å². The average molecular weight is 986 g/mol. The number of carbonyl (C=O) groups excluding carboxylic acids is 3. The molecule has 0 bridgehead atoms. The quantitative estimate of drug-likeness (QED) is 0.0342. The summed E-state index contributed by atoms with van der Waals surface area (Å²) in [6.45, 7) is 12.3. The summed E-state index contributed by atoms with van der Waals surface area (Å²) < 4.78 is 10.5. The zero-order valence-electron chi connectivity index (χ0n) is 39.5. The fourth-order valence-corrected chi connectivity index (χ4v) is 6.49. The average Bonchev–Trinajstić information content (AvgIpc) is 3.27. The summed E-state index contributed by atoms with van der Waals surface area (Å²) in [5.74, 6) is 1.18. The second kappa shape index (κ2) is 26.1. The lowest BCUT2D eigenvalue weighted by Crippen LogP contribution is -2.32. The van der Waals surface area contributed by atoms with E-state index < -0.39 is 17.3 Å². The number of carbonyl (C=O) groups is 3. The number of anilines is 5. The summed E-state index contributed by atoms with van der Waals surface area (Å²) in [5, 5.41) is 15.6. The highest BCUT2D eigenvalue weighted by molar-refractivity contribution is 6.34. The molecule has 0 aliphatic heterocycles. The first-order valence-electron chi connectivity index (χ1n) is 21.6. The van der Waals surface area contributed by atoms with Gasteiger partial charge in [0.05, 0.1) is 23.6 Å². The van der Waals surface area contributed by atoms with E-state index in [4.69, 9.17) is 50.0 Å². The molecule has 0 aliphatic rings. The molecular weight excluding hydrogens is 927 g/mol. The van der Waals surface area contributed by atoms with Gasteiger partial charge in [0, 0.05) is 44.4 Å². The van der Waals surface area contributed by atoms with Crippen molar-refractivity contribution in [3.63, 3.8) is 0 Å². The van der Waals surface area contributed by atoms with E-state index in [1.54, 1.807) is 43.6 Å². The van der Waals surface area contributed by atoms with Crippen LogP contribution in [-0.2, 0) is 40.2 Å². The van der Waals surface area contributed by atoms with Crippen molar-refractivity contribution in [1.29, 1.82) is 0 Å². The SMILES string of the molecule is CC(C)(C)OC(=O)NCc1cccc(N)c1.CNC(=O)c1ccccc1Nc1nc(Cl)ncc1Cl.CNCc1ccccc1Nc1nc(Cc2cccc(CCC(=O)OC(C)(C)C)c2)ncc1Cl. The van der Waals surface area contributed by atoms with E-state index >= 15 is 0 Å². The Kier molecular flexibility index (Phi) is 20.8. The van der Waals surface area contributed by atoms with Crippen LogP contribution in [0.3, 0.4) is 0 Å². The van der Waals surface area contributed by atoms with Gasteiger partial charge < -0.3 is 41.8 Å². The minimum absolute atomic E-state index is 0.0734. The number of nitrogen functional groups attached to an aromatic ring is 1. The second-order valence-electron chi connectivity index (χ2n) is 17.1.